The summed E-state index contributed by atoms with van der Waals surface area (Å²) in [7, 11) is 0. The van der Waals surface area contributed by atoms with Crippen LogP contribution in [-0.2, 0) is 6.42 Å². The third-order valence-electron chi connectivity index (χ3n) is 3.28. The van der Waals surface area contributed by atoms with Crippen LogP contribution in [-0.4, -0.2) is 5.71 Å². The van der Waals surface area contributed by atoms with Crippen molar-refractivity contribution < 1.29 is 13.2 Å². The third-order valence-corrected chi connectivity index (χ3v) is 3.28. The zero-order valence-corrected chi connectivity index (χ0v) is 11.0. The molecule has 3 rings (SSSR count). The Kier molecular flexibility index (Phi) is 3.51. The summed E-state index contributed by atoms with van der Waals surface area (Å²) >= 11 is 0. The summed E-state index contributed by atoms with van der Waals surface area (Å²) in [4.78, 5) is 11.2. The average Bonchev–Trinajstić information content (AvgIpc) is 2.47. The first-order valence-electron chi connectivity index (χ1n) is 6.54. The number of nitrogens with one attached hydrogen (secondary N) is 1. The number of hydrogen-bond acceptors (Lipinski definition) is 4. The summed E-state index contributed by atoms with van der Waals surface area (Å²) in [6.07, 6.45) is 2.12. The number of benzene rings is 1. The van der Waals surface area contributed by atoms with E-state index < -0.39 is 17.3 Å². The second kappa shape index (κ2) is 5.47. The van der Waals surface area contributed by atoms with Crippen molar-refractivity contribution in [1.29, 1.82) is 0 Å². The number of nitrogens with zero attached hydrogens (tertiary/aromatic N) is 1. The summed E-state index contributed by atoms with van der Waals surface area (Å²) in [6.45, 7) is 0. The van der Waals surface area contributed by atoms with Gasteiger partial charge in [0.1, 0.15) is 17.4 Å². The van der Waals surface area contributed by atoms with Gasteiger partial charge < -0.3 is 4.42 Å². The van der Waals surface area contributed by atoms with E-state index in [1.54, 1.807) is 6.07 Å². The summed E-state index contributed by atoms with van der Waals surface area (Å²) in [5.74, 6) is -0.556. The lowest BCUT2D eigenvalue weighted by Crippen LogP contribution is -2.16. The van der Waals surface area contributed by atoms with E-state index in [0.717, 1.165) is 30.2 Å². The van der Waals surface area contributed by atoms with E-state index in [2.05, 4.69) is 10.5 Å². The predicted molar refractivity (Wildman–Crippen MR) is 74.4 cm³/mol. The maximum Gasteiger partial charge on any atom is 0.335 e. The predicted octanol–water partition coefficient (Wildman–Crippen LogP) is 3.07. The standard InChI is InChI=1S/C15H12F2N2O2/c16-9-4-6-11(17)13(8-9)19-18-12-2-1-3-14-10(12)5-7-15(20)21-14/h4-8,19H,1-3H2/b18-12-. The van der Waals surface area contributed by atoms with E-state index in [1.165, 1.54) is 6.07 Å². The quantitative estimate of drug-likeness (QED) is 0.865. The Hall–Kier alpha value is -2.50. The fraction of sp³-hybridized carbons (Fsp3) is 0.200. The van der Waals surface area contributed by atoms with Gasteiger partial charge in [-0.15, -0.1) is 0 Å². The molecule has 0 bridgehead atoms. The summed E-state index contributed by atoms with van der Waals surface area (Å²) < 4.78 is 31.7. The number of anilines is 1. The molecule has 0 atom stereocenters. The minimum Gasteiger partial charge on any atom is -0.427 e. The molecule has 1 aliphatic carbocycles. The van der Waals surface area contributed by atoms with Gasteiger partial charge in [-0.05, 0) is 31.0 Å². The van der Waals surface area contributed by atoms with E-state index in [1.807, 2.05) is 0 Å². The molecule has 1 N–H and O–H groups in total. The molecule has 0 radical (unpaired) electrons. The number of halogens is 2. The van der Waals surface area contributed by atoms with Crippen LogP contribution in [0.2, 0.25) is 0 Å². The van der Waals surface area contributed by atoms with Crippen LogP contribution < -0.4 is 11.1 Å². The Morgan fingerprint density at radius 1 is 1.14 bits per heavy atom. The summed E-state index contributed by atoms with van der Waals surface area (Å²) in [6, 6.07) is 6.07. The fourth-order valence-electron chi connectivity index (χ4n) is 2.28. The number of hydrogen-bond donors (Lipinski definition) is 1. The Labute approximate surface area is 119 Å². The first-order chi connectivity index (χ1) is 10.1. The van der Waals surface area contributed by atoms with E-state index in [0.29, 0.717) is 24.3 Å². The third kappa shape index (κ3) is 2.84. The van der Waals surface area contributed by atoms with Crippen LogP contribution in [0.4, 0.5) is 14.5 Å². The average molecular weight is 290 g/mol. The SMILES string of the molecule is O=c1ccc2c(o1)CCC/C2=N/Nc1cc(F)ccc1F. The van der Waals surface area contributed by atoms with Gasteiger partial charge in [0.2, 0.25) is 0 Å². The van der Waals surface area contributed by atoms with Crippen LogP contribution in [0.1, 0.15) is 24.2 Å². The van der Waals surface area contributed by atoms with Crippen LogP contribution in [0, 0.1) is 11.6 Å². The second-order valence-electron chi connectivity index (χ2n) is 4.74. The van der Waals surface area contributed by atoms with E-state index in [4.69, 9.17) is 4.42 Å². The van der Waals surface area contributed by atoms with Crippen LogP contribution >= 0.6 is 0 Å². The molecule has 1 aliphatic rings. The highest BCUT2D eigenvalue weighted by Crippen LogP contribution is 2.21. The van der Waals surface area contributed by atoms with E-state index >= 15 is 0 Å². The molecule has 108 valence electrons. The lowest BCUT2D eigenvalue weighted by atomic mass is 9.95. The van der Waals surface area contributed by atoms with Crippen LogP contribution in [0.3, 0.4) is 0 Å². The smallest absolute Gasteiger partial charge is 0.335 e. The molecular weight excluding hydrogens is 278 g/mol. The van der Waals surface area contributed by atoms with Crippen molar-refractivity contribution in [2.45, 2.75) is 19.3 Å². The second-order valence-corrected chi connectivity index (χ2v) is 4.74. The largest absolute Gasteiger partial charge is 0.427 e. The van der Waals surface area contributed by atoms with Gasteiger partial charge in [-0.3, -0.25) is 5.43 Å². The molecule has 0 unspecified atom stereocenters. The van der Waals surface area contributed by atoms with Crippen molar-refractivity contribution in [2.75, 3.05) is 5.43 Å². The lowest BCUT2D eigenvalue weighted by molar-refractivity contribution is 0.449. The van der Waals surface area contributed by atoms with Gasteiger partial charge in [0.25, 0.3) is 0 Å². The molecule has 21 heavy (non-hydrogen) atoms. The molecule has 0 saturated carbocycles. The maximum atomic E-state index is 13.5. The molecule has 4 nitrogen and oxygen atoms in total. The highest BCUT2D eigenvalue weighted by Gasteiger charge is 2.18. The maximum absolute atomic E-state index is 13.5. The Morgan fingerprint density at radius 3 is 2.86 bits per heavy atom. The van der Waals surface area contributed by atoms with Crippen molar-refractivity contribution in [1.82, 2.24) is 0 Å². The van der Waals surface area contributed by atoms with E-state index in [9.17, 15) is 13.6 Å². The van der Waals surface area contributed by atoms with Crippen molar-refractivity contribution >= 4 is 11.4 Å². The van der Waals surface area contributed by atoms with Crippen LogP contribution in [0.25, 0.3) is 0 Å². The summed E-state index contributed by atoms with van der Waals surface area (Å²) in [5.41, 5.74) is 3.48. The Morgan fingerprint density at radius 2 is 2.00 bits per heavy atom. The highest BCUT2D eigenvalue weighted by atomic mass is 19.1. The van der Waals surface area contributed by atoms with Crippen LogP contribution in [0.15, 0.2) is 44.6 Å². The monoisotopic (exact) mass is 290 g/mol. The van der Waals surface area contributed by atoms with Gasteiger partial charge in [0.15, 0.2) is 0 Å². The Balaban J connectivity index is 1.91. The van der Waals surface area contributed by atoms with Crippen molar-refractivity contribution in [3.8, 4) is 0 Å². The zero-order valence-electron chi connectivity index (χ0n) is 11.0. The first kappa shape index (κ1) is 13.5. The first-order valence-corrected chi connectivity index (χ1v) is 6.54. The molecule has 0 saturated heterocycles. The minimum atomic E-state index is -0.587. The van der Waals surface area contributed by atoms with Gasteiger partial charge >= 0.3 is 5.63 Å². The highest BCUT2D eigenvalue weighted by molar-refractivity contribution is 6.02. The molecule has 0 amide bonds. The molecule has 0 aliphatic heterocycles. The minimum absolute atomic E-state index is 0.0352. The number of fused-ring (bicyclic) bond motifs is 1. The lowest BCUT2D eigenvalue weighted by Gasteiger charge is -2.15. The Bertz CT molecular complexity index is 769. The molecule has 1 heterocycles. The number of hydrazone groups is 1. The van der Waals surface area contributed by atoms with Crippen LogP contribution in [0.5, 0.6) is 0 Å². The molecule has 6 heteroatoms. The number of aryl methyl sites for hydroxylation is 1. The molecule has 1 aromatic heterocycles. The molecule has 1 aromatic carbocycles. The van der Waals surface area contributed by atoms with Crippen molar-refractivity contribution in [2.24, 2.45) is 5.10 Å². The van der Waals surface area contributed by atoms with Gasteiger partial charge in [-0.1, -0.05) is 0 Å². The molecular formula is C15H12F2N2O2. The van der Waals surface area contributed by atoms with Gasteiger partial charge in [0.05, 0.1) is 11.4 Å². The topological polar surface area (TPSA) is 54.6 Å². The van der Waals surface area contributed by atoms with E-state index in [-0.39, 0.29) is 5.69 Å². The molecule has 0 fully saturated rings. The van der Waals surface area contributed by atoms with Crippen molar-refractivity contribution in [3.05, 3.63) is 63.7 Å². The molecule has 0 spiro atoms. The summed E-state index contributed by atoms with van der Waals surface area (Å²) in [5, 5.41) is 4.12. The van der Waals surface area contributed by atoms with Gasteiger partial charge in [0, 0.05) is 24.1 Å². The zero-order chi connectivity index (χ0) is 14.8. The normalized spacial score (nSPS) is 15.8. The van der Waals surface area contributed by atoms with Gasteiger partial charge in [-0.2, -0.15) is 5.10 Å². The number of rotatable bonds is 2. The van der Waals surface area contributed by atoms with Crippen molar-refractivity contribution in [3.63, 3.8) is 0 Å². The molecule has 2 aromatic rings. The fourth-order valence-corrected chi connectivity index (χ4v) is 2.28. The van der Waals surface area contributed by atoms with Gasteiger partial charge in [-0.25, -0.2) is 13.6 Å².